The third-order valence-corrected chi connectivity index (χ3v) is 2.99. The first-order chi connectivity index (χ1) is 6.83. The van der Waals surface area contributed by atoms with E-state index < -0.39 is 0 Å². The highest BCUT2D eigenvalue weighted by molar-refractivity contribution is 4.82. The van der Waals surface area contributed by atoms with Crippen LogP contribution in [0.4, 0.5) is 0 Å². The molecule has 1 heterocycles. The van der Waals surface area contributed by atoms with Crippen LogP contribution in [0.3, 0.4) is 0 Å². The molecule has 1 rings (SSSR count). The number of nitrogens with one attached hydrogen (secondary N) is 1. The average Bonchev–Trinajstić information content (AvgIpc) is 2.27. The summed E-state index contributed by atoms with van der Waals surface area (Å²) in [4.78, 5) is 0. The van der Waals surface area contributed by atoms with Gasteiger partial charge in [-0.25, -0.2) is 0 Å². The van der Waals surface area contributed by atoms with Gasteiger partial charge in [-0.3, -0.25) is 11.3 Å². The van der Waals surface area contributed by atoms with Gasteiger partial charge in [0.05, 0.1) is 32.0 Å². The Hall–Kier alpha value is -0.160. The fourth-order valence-corrected chi connectivity index (χ4v) is 2.06. The van der Waals surface area contributed by atoms with Crippen molar-refractivity contribution in [2.45, 2.75) is 38.8 Å². The molecule has 0 aromatic carbocycles. The molecular weight excluding hydrogens is 180 g/mol. The van der Waals surface area contributed by atoms with Crippen LogP contribution in [0, 0.1) is 5.92 Å². The smallest absolute Gasteiger partial charge is 0.0978 e. The third kappa shape index (κ3) is 2.92. The van der Waals surface area contributed by atoms with Gasteiger partial charge in [0.2, 0.25) is 0 Å². The Morgan fingerprint density at radius 1 is 1.36 bits per heavy atom. The number of hydrazine groups is 1. The minimum absolute atomic E-state index is 0.110. The maximum atomic E-state index is 5.65. The molecular formula is C10H22N2O2. The molecule has 1 aliphatic rings. The molecule has 0 aliphatic carbocycles. The molecule has 84 valence electrons. The quantitative estimate of drug-likeness (QED) is 0.508. The molecule has 0 spiro atoms. The van der Waals surface area contributed by atoms with Gasteiger partial charge in [0.25, 0.3) is 0 Å². The molecule has 0 aromatic heterocycles. The van der Waals surface area contributed by atoms with Crippen LogP contribution in [0.2, 0.25) is 0 Å². The lowest BCUT2D eigenvalue weighted by Crippen LogP contribution is -2.53. The molecule has 1 fully saturated rings. The molecule has 1 aliphatic heterocycles. The second-order valence-corrected chi connectivity index (χ2v) is 3.75. The van der Waals surface area contributed by atoms with Gasteiger partial charge in [0.15, 0.2) is 0 Å². The zero-order valence-corrected chi connectivity index (χ0v) is 9.16. The minimum Gasteiger partial charge on any atom is -0.376 e. The highest BCUT2D eigenvalue weighted by Crippen LogP contribution is 2.19. The summed E-state index contributed by atoms with van der Waals surface area (Å²) in [6.07, 6.45) is 2.34. The molecule has 2 atom stereocenters. The van der Waals surface area contributed by atoms with Gasteiger partial charge in [-0.1, -0.05) is 26.7 Å². The Balaban J connectivity index is 2.49. The maximum Gasteiger partial charge on any atom is 0.0978 e. The van der Waals surface area contributed by atoms with Crippen LogP contribution in [-0.4, -0.2) is 32.0 Å². The van der Waals surface area contributed by atoms with E-state index in [9.17, 15) is 0 Å². The van der Waals surface area contributed by atoms with Crippen LogP contribution >= 0.6 is 0 Å². The SMILES string of the molecule is CCC(CC)C(NN)C1COCCO1. The van der Waals surface area contributed by atoms with E-state index in [1.807, 2.05) is 0 Å². The largest absolute Gasteiger partial charge is 0.376 e. The zero-order valence-electron chi connectivity index (χ0n) is 9.16. The Labute approximate surface area is 86.1 Å². The van der Waals surface area contributed by atoms with E-state index in [0.717, 1.165) is 12.8 Å². The lowest BCUT2D eigenvalue weighted by atomic mass is 9.90. The van der Waals surface area contributed by atoms with E-state index in [4.69, 9.17) is 15.3 Å². The molecule has 0 saturated carbocycles. The van der Waals surface area contributed by atoms with Gasteiger partial charge in [0.1, 0.15) is 0 Å². The fraction of sp³-hybridized carbons (Fsp3) is 1.00. The fourth-order valence-electron chi connectivity index (χ4n) is 2.06. The van der Waals surface area contributed by atoms with E-state index in [-0.39, 0.29) is 12.1 Å². The third-order valence-electron chi connectivity index (χ3n) is 2.99. The van der Waals surface area contributed by atoms with Crippen molar-refractivity contribution >= 4 is 0 Å². The molecule has 4 heteroatoms. The first-order valence-electron chi connectivity index (χ1n) is 5.48. The molecule has 0 bridgehead atoms. The lowest BCUT2D eigenvalue weighted by Gasteiger charge is -2.34. The van der Waals surface area contributed by atoms with E-state index in [0.29, 0.717) is 25.7 Å². The Bertz CT molecular complexity index is 145. The summed E-state index contributed by atoms with van der Waals surface area (Å²) in [5.74, 6) is 6.13. The van der Waals surface area contributed by atoms with Crippen LogP contribution in [0.15, 0.2) is 0 Å². The van der Waals surface area contributed by atoms with Crippen molar-refractivity contribution in [3.05, 3.63) is 0 Å². The normalized spacial score (nSPS) is 25.3. The molecule has 1 saturated heterocycles. The van der Waals surface area contributed by atoms with Gasteiger partial charge in [-0.2, -0.15) is 0 Å². The Morgan fingerprint density at radius 2 is 2.07 bits per heavy atom. The van der Waals surface area contributed by atoms with E-state index in [2.05, 4.69) is 19.3 Å². The van der Waals surface area contributed by atoms with Gasteiger partial charge in [-0.15, -0.1) is 0 Å². The monoisotopic (exact) mass is 202 g/mol. The molecule has 2 unspecified atom stereocenters. The molecule has 14 heavy (non-hydrogen) atoms. The molecule has 0 aromatic rings. The highest BCUT2D eigenvalue weighted by atomic mass is 16.6. The summed E-state index contributed by atoms with van der Waals surface area (Å²) in [6.45, 7) is 6.41. The summed E-state index contributed by atoms with van der Waals surface area (Å²) in [5, 5.41) is 0. The number of rotatable bonds is 5. The zero-order chi connectivity index (χ0) is 10.4. The first-order valence-corrected chi connectivity index (χ1v) is 5.48. The van der Waals surface area contributed by atoms with Crippen molar-refractivity contribution in [1.82, 2.24) is 5.43 Å². The maximum absolute atomic E-state index is 5.65. The van der Waals surface area contributed by atoms with Crippen molar-refractivity contribution in [2.24, 2.45) is 11.8 Å². The van der Waals surface area contributed by atoms with Crippen molar-refractivity contribution in [1.29, 1.82) is 0 Å². The number of hydrogen-bond acceptors (Lipinski definition) is 4. The minimum atomic E-state index is 0.110. The standard InChI is InChI=1S/C10H22N2O2/c1-3-8(4-2)10(12-11)9-7-13-5-6-14-9/h8-10,12H,3-7,11H2,1-2H3. The van der Waals surface area contributed by atoms with Crippen LogP contribution in [-0.2, 0) is 9.47 Å². The topological polar surface area (TPSA) is 56.5 Å². The van der Waals surface area contributed by atoms with Crippen LogP contribution in [0.25, 0.3) is 0 Å². The van der Waals surface area contributed by atoms with Gasteiger partial charge in [0, 0.05) is 0 Å². The van der Waals surface area contributed by atoms with E-state index >= 15 is 0 Å². The predicted molar refractivity (Wildman–Crippen MR) is 55.7 cm³/mol. The van der Waals surface area contributed by atoms with Crippen LogP contribution < -0.4 is 11.3 Å². The van der Waals surface area contributed by atoms with Crippen LogP contribution in [0.1, 0.15) is 26.7 Å². The van der Waals surface area contributed by atoms with Crippen molar-refractivity contribution in [3.8, 4) is 0 Å². The van der Waals surface area contributed by atoms with Crippen molar-refractivity contribution < 1.29 is 9.47 Å². The number of hydrogen-bond donors (Lipinski definition) is 2. The molecule has 3 N–H and O–H groups in total. The van der Waals surface area contributed by atoms with Crippen molar-refractivity contribution in [3.63, 3.8) is 0 Å². The second kappa shape index (κ2) is 6.35. The predicted octanol–water partition coefficient (Wildman–Crippen LogP) is 0.670. The van der Waals surface area contributed by atoms with Gasteiger partial charge < -0.3 is 9.47 Å². The van der Waals surface area contributed by atoms with E-state index in [1.54, 1.807) is 0 Å². The number of ether oxygens (including phenoxy) is 2. The summed E-state index contributed by atoms with van der Waals surface area (Å²) >= 11 is 0. The van der Waals surface area contributed by atoms with Gasteiger partial charge in [-0.05, 0) is 5.92 Å². The Morgan fingerprint density at radius 3 is 2.50 bits per heavy atom. The summed E-state index contributed by atoms with van der Waals surface area (Å²) in [6, 6.07) is 0.213. The van der Waals surface area contributed by atoms with Gasteiger partial charge >= 0.3 is 0 Å². The summed E-state index contributed by atoms with van der Waals surface area (Å²) in [5.41, 5.74) is 2.87. The lowest BCUT2D eigenvalue weighted by molar-refractivity contribution is -0.109. The molecule has 0 radical (unpaired) electrons. The Kier molecular flexibility index (Phi) is 5.40. The first kappa shape index (κ1) is 11.9. The second-order valence-electron chi connectivity index (χ2n) is 3.75. The summed E-state index contributed by atoms with van der Waals surface area (Å²) < 4.78 is 11.0. The van der Waals surface area contributed by atoms with Crippen LogP contribution in [0.5, 0.6) is 0 Å². The average molecular weight is 202 g/mol. The molecule has 4 nitrogen and oxygen atoms in total. The highest BCUT2D eigenvalue weighted by Gasteiger charge is 2.29. The molecule has 0 amide bonds. The number of nitrogens with two attached hydrogens (primary N) is 1. The van der Waals surface area contributed by atoms with Crippen molar-refractivity contribution in [2.75, 3.05) is 19.8 Å². The summed E-state index contributed by atoms with van der Waals surface area (Å²) in [7, 11) is 0. The van der Waals surface area contributed by atoms with E-state index in [1.165, 1.54) is 0 Å².